The van der Waals surface area contributed by atoms with Crippen LogP contribution in [0.3, 0.4) is 0 Å². The SMILES string of the molecule is COc1ccc(CNC2CCCCC2)cc1OC[C@@H](O)CN1CCCCCCC1. The van der Waals surface area contributed by atoms with Crippen molar-refractivity contribution in [3.8, 4) is 11.5 Å². The molecule has 0 unspecified atom stereocenters. The number of hydrogen-bond donors (Lipinski definition) is 2. The van der Waals surface area contributed by atoms with E-state index in [1.165, 1.54) is 69.8 Å². The number of hydrogen-bond acceptors (Lipinski definition) is 5. The van der Waals surface area contributed by atoms with Gasteiger partial charge < -0.3 is 24.8 Å². The predicted molar refractivity (Wildman–Crippen MR) is 118 cm³/mol. The van der Waals surface area contributed by atoms with E-state index in [1.807, 2.05) is 6.07 Å². The minimum absolute atomic E-state index is 0.298. The molecule has 1 aliphatic heterocycles. The average molecular weight is 405 g/mol. The standard InChI is InChI=1S/C24H40N2O3/c1-28-23-13-12-20(17-25-21-10-6-5-7-11-21)16-24(23)29-19-22(27)18-26-14-8-3-2-4-9-15-26/h12-13,16,21-22,25,27H,2-11,14-15,17-19H2,1H3/t22-/m0/s1. The van der Waals surface area contributed by atoms with Gasteiger partial charge >= 0.3 is 0 Å². The molecule has 1 saturated carbocycles. The smallest absolute Gasteiger partial charge is 0.161 e. The highest BCUT2D eigenvalue weighted by atomic mass is 16.5. The second kappa shape index (κ2) is 12.4. The highest BCUT2D eigenvalue weighted by Crippen LogP contribution is 2.28. The Labute approximate surface area is 176 Å². The van der Waals surface area contributed by atoms with Crippen LogP contribution in [0.2, 0.25) is 0 Å². The maximum atomic E-state index is 10.5. The van der Waals surface area contributed by atoms with Crippen LogP contribution in [0.15, 0.2) is 18.2 Å². The highest BCUT2D eigenvalue weighted by molar-refractivity contribution is 5.43. The number of benzene rings is 1. The topological polar surface area (TPSA) is 54.0 Å². The van der Waals surface area contributed by atoms with E-state index in [1.54, 1.807) is 7.11 Å². The molecule has 2 N–H and O–H groups in total. The molecule has 5 nitrogen and oxygen atoms in total. The molecule has 0 aromatic heterocycles. The minimum Gasteiger partial charge on any atom is -0.493 e. The molecule has 164 valence electrons. The second-order valence-corrected chi connectivity index (χ2v) is 8.73. The van der Waals surface area contributed by atoms with Gasteiger partial charge in [-0.1, -0.05) is 44.6 Å². The molecule has 0 spiro atoms. The summed E-state index contributed by atoms with van der Waals surface area (Å²) in [5, 5.41) is 14.2. The number of nitrogens with zero attached hydrogens (tertiary/aromatic N) is 1. The molecular formula is C24H40N2O3. The van der Waals surface area contributed by atoms with Gasteiger partial charge in [-0.2, -0.15) is 0 Å². The first kappa shape index (κ1) is 22.4. The number of rotatable bonds is 9. The van der Waals surface area contributed by atoms with Crippen molar-refractivity contribution >= 4 is 0 Å². The fourth-order valence-corrected chi connectivity index (χ4v) is 4.55. The average Bonchev–Trinajstić information content (AvgIpc) is 2.73. The lowest BCUT2D eigenvalue weighted by Crippen LogP contribution is -2.37. The molecule has 1 aromatic carbocycles. The Morgan fingerprint density at radius 1 is 1.00 bits per heavy atom. The van der Waals surface area contributed by atoms with Crippen LogP contribution in [0.4, 0.5) is 0 Å². The normalized spacial score (nSPS) is 20.6. The molecule has 1 aromatic rings. The number of β-amino-alcohol motifs (C(OH)–C–C–N with tert-alkyl or cyclic N) is 1. The lowest BCUT2D eigenvalue weighted by molar-refractivity contribution is 0.0644. The van der Waals surface area contributed by atoms with Crippen molar-refractivity contribution in [2.24, 2.45) is 0 Å². The fourth-order valence-electron chi connectivity index (χ4n) is 4.55. The molecule has 0 bridgehead atoms. The summed E-state index contributed by atoms with van der Waals surface area (Å²) in [6, 6.07) is 6.75. The van der Waals surface area contributed by atoms with Gasteiger partial charge in [0.05, 0.1) is 7.11 Å². The zero-order chi connectivity index (χ0) is 20.3. The molecule has 2 fully saturated rings. The van der Waals surface area contributed by atoms with Crippen LogP contribution >= 0.6 is 0 Å². The maximum absolute atomic E-state index is 10.5. The molecule has 0 radical (unpaired) electrons. The van der Waals surface area contributed by atoms with E-state index in [-0.39, 0.29) is 0 Å². The number of aliphatic hydroxyl groups excluding tert-OH is 1. The molecule has 3 rings (SSSR count). The molecule has 5 heteroatoms. The minimum atomic E-state index is -0.483. The predicted octanol–water partition coefficient (Wildman–Crippen LogP) is 4.12. The monoisotopic (exact) mass is 404 g/mol. The van der Waals surface area contributed by atoms with Crippen molar-refractivity contribution in [3.63, 3.8) is 0 Å². The van der Waals surface area contributed by atoms with Crippen molar-refractivity contribution in [2.45, 2.75) is 82.9 Å². The number of aliphatic hydroxyl groups is 1. The summed E-state index contributed by atoms with van der Waals surface area (Å²) in [6.07, 6.45) is 12.6. The van der Waals surface area contributed by atoms with E-state index in [2.05, 4.69) is 22.3 Å². The molecular weight excluding hydrogens is 364 g/mol. The molecule has 1 saturated heterocycles. The largest absolute Gasteiger partial charge is 0.493 e. The van der Waals surface area contributed by atoms with E-state index < -0.39 is 6.10 Å². The molecule has 2 aliphatic rings. The van der Waals surface area contributed by atoms with E-state index in [4.69, 9.17) is 9.47 Å². The Hall–Kier alpha value is -1.30. The highest BCUT2D eigenvalue weighted by Gasteiger charge is 2.16. The van der Waals surface area contributed by atoms with Crippen LogP contribution in [0.25, 0.3) is 0 Å². The van der Waals surface area contributed by atoms with Gasteiger partial charge in [-0.15, -0.1) is 0 Å². The zero-order valence-corrected chi connectivity index (χ0v) is 18.2. The molecule has 29 heavy (non-hydrogen) atoms. The summed E-state index contributed by atoms with van der Waals surface area (Å²) in [6.45, 7) is 4.00. The van der Waals surface area contributed by atoms with Gasteiger partial charge in [-0.25, -0.2) is 0 Å². The van der Waals surface area contributed by atoms with Crippen molar-refractivity contribution in [2.75, 3.05) is 33.4 Å². The number of ether oxygens (including phenoxy) is 2. The summed E-state index contributed by atoms with van der Waals surface area (Å²) >= 11 is 0. The Kier molecular flexibility index (Phi) is 9.58. The first-order valence-corrected chi connectivity index (χ1v) is 11.7. The third-order valence-electron chi connectivity index (χ3n) is 6.28. The van der Waals surface area contributed by atoms with Gasteiger partial charge in [0, 0.05) is 19.1 Å². The zero-order valence-electron chi connectivity index (χ0n) is 18.2. The summed E-state index contributed by atoms with van der Waals surface area (Å²) in [5.41, 5.74) is 1.20. The van der Waals surface area contributed by atoms with E-state index in [9.17, 15) is 5.11 Å². The Bertz CT molecular complexity index is 581. The molecule has 0 amide bonds. The van der Waals surface area contributed by atoms with Crippen molar-refractivity contribution in [1.29, 1.82) is 0 Å². The van der Waals surface area contributed by atoms with Crippen LogP contribution in [-0.2, 0) is 6.54 Å². The Morgan fingerprint density at radius 2 is 1.69 bits per heavy atom. The van der Waals surface area contributed by atoms with E-state index in [0.717, 1.165) is 31.1 Å². The molecule has 1 heterocycles. The molecule has 1 atom stereocenters. The summed E-state index contributed by atoms with van der Waals surface area (Å²) in [5.74, 6) is 1.45. The third-order valence-corrected chi connectivity index (χ3v) is 6.28. The quantitative estimate of drug-likeness (QED) is 0.648. The van der Waals surface area contributed by atoms with Gasteiger partial charge in [0.15, 0.2) is 11.5 Å². The Balaban J connectivity index is 1.48. The third kappa shape index (κ3) is 7.80. The number of methoxy groups -OCH3 is 1. The van der Waals surface area contributed by atoms with Gasteiger partial charge in [-0.3, -0.25) is 0 Å². The lowest BCUT2D eigenvalue weighted by Gasteiger charge is -2.27. The fraction of sp³-hybridized carbons (Fsp3) is 0.750. The number of likely N-dealkylation sites (tertiary alicyclic amines) is 1. The van der Waals surface area contributed by atoms with Gasteiger partial charge in [0.1, 0.15) is 12.7 Å². The van der Waals surface area contributed by atoms with Gasteiger partial charge in [0.2, 0.25) is 0 Å². The van der Waals surface area contributed by atoms with Crippen molar-refractivity contribution in [3.05, 3.63) is 23.8 Å². The van der Waals surface area contributed by atoms with Crippen molar-refractivity contribution < 1.29 is 14.6 Å². The summed E-state index contributed by atoms with van der Waals surface area (Å²) < 4.78 is 11.5. The summed E-state index contributed by atoms with van der Waals surface area (Å²) in [7, 11) is 1.67. The van der Waals surface area contributed by atoms with Crippen LogP contribution in [-0.4, -0.2) is 55.5 Å². The van der Waals surface area contributed by atoms with Crippen molar-refractivity contribution in [1.82, 2.24) is 10.2 Å². The van der Waals surface area contributed by atoms with Crippen LogP contribution in [0.5, 0.6) is 11.5 Å². The maximum Gasteiger partial charge on any atom is 0.161 e. The van der Waals surface area contributed by atoms with E-state index in [0.29, 0.717) is 19.2 Å². The van der Waals surface area contributed by atoms with Gasteiger partial charge in [-0.05, 0) is 56.5 Å². The lowest BCUT2D eigenvalue weighted by atomic mass is 9.95. The summed E-state index contributed by atoms with van der Waals surface area (Å²) in [4.78, 5) is 2.38. The second-order valence-electron chi connectivity index (χ2n) is 8.73. The van der Waals surface area contributed by atoms with E-state index >= 15 is 0 Å². The number of nitrogens with one attached hydrogen (secondary N) is 1. The van der Waals surface area contributed by atoms with Gasteiger partial charge in [0.25, 0.3) is 0 Å². The molecule has 1 aliphatic carbocycles. The van der Waals surface area contributed by atoms with Crippen LogP contribution in [0.1, 0.15) is 69.8 Å². The first-order chi connectivity index (χ1) is 14.2. The van der Waals surface area contributed by atoms with Crippen LogP contribution < -0.4 is 14.8 Å². The van der Waals surface area contributed by atoms with Crippen LogP contribution in [0, 0.1) is 0 Å². The first-order valence-electron chi connectivity index (χ1n) is 11.7. The Morgan fingerprint density at radius 3 is 2.41 bits per heavy atom.